The van der Waals surface area contributed by atoms with Gasteiger partial charge in [0, 0.05) is 20.1 Å². The maximum absolute atomic E-state index is 12.3. The molecule has 0 bridgehead atoms. The van der Waals surface area contributed by atoms with Crippen molar-refractivity contribution in [2.24, 2.45) is 0 Å². The highest BCUT2D eigenvalue weighted by Crippen LogP contribution is 2.25. The maximum atomic E-state index is 12.3. The number of likely N-dealkylation sites (tertiary alicyclic amines) is 1. The summed E-state index contributed by atoms with van der Waals surface area (Å²) in [5, 5.41) is 8.91. The van der Waals surface area contributed by atoms with Crippen LogP contribution in [-0.4, -0.2) is 42.1 Å². The number of nitrogens with two attached hydrogens (primary N) is 1. The number of anilines is 2. The topological polar surface area (TPSA) is 86.9 Å². The minimum atomic E-state index is -1.03. The zero-order valence-electron chi connectivity index (χ0n) is 11.5. The van der Waals surface area contributed by atoms with Gasteiger partial charge in [-0.05, 0) is 37.5 Å². The van der Waals surface area contributed by atoms with E-state index >= 15 is 0 Å². The lowest BCUT2D eigenvalue weighted by atomic mass is 10.1. The fourth-order valence-corrected chi connectivity index (χ4v) is 2.39. The van der Waals surface area contributed by atoms with Gasteiger partial charge in [0.05, 0.1) is 16.9 Å². The number of hydrogen-bond donors (Lipinski definition) is 2. The predicted octanol–water partition coefficient (Wildman–Crippen LogP) is 2.01. The van der Waals surface area contributed by atoms with Gasteiger partial charge in [0.1, 0.15) is 0 Å². The normalized spacial score (nSPS) is 14.9. The number of amides is 2. The van der Waals surface area contributed by atoms with Gasteiger partial charge < -0.3 is 15.7 Å². The zero-order valence-corrected chi connectivity index (χ0v) is 11.5. The molecular formula is C14H19N3O3. The third kappa shape index (κ3) is 2.84. The van der Waals surface area contributed by atoms with Crippen LogP contribution in [0.5, 0.6) is 0 Å². The second-order valence-corrected chi connectivity index (χ2v) is 4.97. The van der Waals surface area contributed by atoms with Crippen LogP contribution in [0.4, 0.5) is 16.2 Å². The molecule has 20 heavy (non-hydrogen) atoms. The van der Waals surface area contributed by atoms with Gasteiger partial charge in [-0.25, -0.2) is 9.59 Å². The third-order valence-electron chi connectivity index (χ3n) is 3.55. The predicted molar refractivity (Wildman–Crippen MR) is 77.0 cm³/mol. The van der Waals surface area contributed by atoms with Crippen molar-refractivity contribution in [1.29, 1.82) is 0 Å². The van der Waals surface area contributed by atoms with E-state index in [1.54, 1.807) is 18.0 Å². The Kier molecular flexibility index (Phi) is 4.12. The molecular weight excluding hydrogens is 258 g/mol. The number of benzene rings is 1. The molecule has 1 aromatic rings. The van der Waals surface area contributed by atoms with E-state index in [0.29, 0.717) is 5.69 Å². The lowest BCUT2D eigenvalue weighted by Crippen LogP contribution is -2.44. The monoisotopic (exact) mass is 277 g/mol. The molecule has 1 aliphatic rings. The van der Waals surface area contributed by atoms with Gasteiger partial charge in [-0.1, -0.05) is 0 Å². The van der Waals surface area contributed by atoms with E-state index in [9.17, 15) is 9.59 Å². The molecule has 108 valence electrons. The summed E-state index contributed by atoms with van der Waals surface area (Å²) in [6.45, 7) is 1.52. The van der Waals surface area contributed by atoms with Gasteiger partial charge in [-0.3, -0.25) is 4.90 Å². The molecule has 0 atom stereocenters. The van der Waals surface area contributed by atoms with Crippen LogP contribution in [0.2, 0.25) is 0 Å². The highest BCUT2D eigenvalue weighted by Gasteiger charge is 2.22. The Morgan fingerprint density at radius 3 is 2.45 bits per heavy atom. The Hall–Kier alpha value is -2.24. The smallest absolute Gasteiger partial charge is 0.335 e. The fraction of sp³-hybridized carbons (Fsp3) is 0.429. The molecule has 0 aliphatic carbocycles. The van der Waals surface area contributed by atoms with Crippen LogP contribution in [0.25, 0.3) is 0 Å². The molecule has 2 rings (SSSR count). The summed E-state index contributed by atoms with van der Waals surface area (Å²) in [4.78, 5) is 26.5. The Bertz CT molecular complexity index is 524. The van der Waals surface area contributed by atoms with Gasteiger partial charge in [0.15, 0.2) is 0 Å². The van der Waals surface area contributed by atoms with E-state index < -0.39 is 5.97 Å². The average molecular weight is 277 g/mol. The number of carboxylic acid groups (broad SMARTS) is 1. The molecule has 6 heteroatoms. The summed E-state index contributed by atoms with van der Waals surface area (Å²) in [6, 6.07) is 4.30. The summed E-state index contributed by atoms with van der Waals surface area (Å²) in [5.74, 6) is -1.03. The number of piperidine rings is 1. The van der Waals surface area contributed by atoms with Crippen molar-refractivity contribution in [2.75, 3.05) is 30.8 Å². The first-order valence-corrected chi connectivity index (χ1v) is 6.66. The lowest BCUT2D eigenvalue weighted by Gasteiger charge is -2.31. The fourth-order valence-electron chi connectivity index (χ4n) is 2.39. The first-order valence-electron chi connectivity index (χ1n) is 6.66. The second-order valence-electron chi connectivity index (χ2n) is 4.97. The standard InChI is InChI=1S/C14H19N3O3/c1-16(14(20)17-7-3-2-4-8-17)12-6-5-10(13(18)19)9-11(12)15/h5-6,9H,2-4,7-8,15H2,1H3,(H,18,19). The van der Waals surface area contributed by atoms with Gasteiger partial charge >= 0.3 is 12.0 Å². The van der Waals surface area contributed by atoms with Gasteiger partial charge in [0.25, 0.3) is 0 Å². The zero-order chi connectivity index (χ0) is 14.7. The van der Waals surface area contributed by atoms with Gasteiger partial charge in [-0.15, -0.1) is 0 Å². The molecule has 0 aromatic heterocycles. The van der Waals surface area contributed by atoms with Crippen LogP contribution in [-0.2, 0) is 0 Å². The molecule has 2 amide bonds. The summed E-state index contributed by atoms with van der Waals surface area (Å²) in [6.07, 6.45) is 3.20. The van der Waals surface area contributed by atoms with E-state index in [-0.39, 0.29) is 17.3 Å². The number of carboxylic acids is 1. The van der Waals surface area contributed by atoms with Crippen LogP contribution in [0.3, 0.4) is 0 Å². The quantitative estimate of drug-likeness (QED) is 0.809. The molecule has 1 aromatic carbocycles. The number of carbonyl (C=O) groups excluding carboxylic acids is 1. The van der Waals surface area contributed by atoms with Crippen LogP contribution in [0.15, 0.2) is 18.2 Å². The Morgan fingerprint density at radius 2 is 1.90 bits per heavy atom. The van der Waals surface area contributed by atoms with Crippen molar-refractivity contribution in [1.82, 2.24) is 4.90 Å². The SMILES string of the molecule is CN(C(=O)N1CCCCC1)c1ccc(C(=O)O)cc1N. The van der Waals surface area contributed by atoms with E-state index in [0.717, 1.165) is 32.4 Å². The molecule has 1 saturated heterocycles. The third-order valence-corrected chi connectivity index (χ3v) is 3.55. The molecule has 1 fully saturated rings. The lowest BCUT2D eigenvalue weighted by molar-refractivity contribution is 0.0697. The summed E-state index contributed by atoms with van der Waals surface area (Å²) >= 11 is 0. The molecule has 0 saturated carbocycles. The summed E-state index contributed by atoms with van der Waals surface area (Å²) in [7, 11) is 1.66. The van der Waals surface area contributed by atoms with Crippen molar-refractivity contribution < 1.29 is 14.7 Å². The first kappa shape index (κ1) is 14.2. The maximum Gasteiger partial charge on any atom is 0.335 e. The van der Waals surface area contributed by atoms with Crippen molar-refractivity contribution in [3.8, 4) is 0 Å². The minimum Gasteiger partial charge on any atom is -0.478 e. The Balaban J connectivity index is 2.17. The highest BCUT2D eigenvalue weighted by molar-refractivity contribution is 5.97. The number of nitrogens with zero attached hydrogens (tertiary/aromatic N) is 2. The van der Waals surface area contributed by atoms with Crippen molar-refractivity contribution in [3.63, 3.8) is 0 Å². The van der Waals surface area contributed by atoms with Crippen molar-refractivity contribution >= 4 is 23.4 Å². The van der Waals surface area contributed by atoms with Gasteiger partial charge in [0.2, 0.25) is 0 Å². The molecule has 6 nitrogen and oxygen atoms in total. The van der Waals surface area contributed by atoms with E-state index in [2.05, 4.69) is 0 Å². The Morgan fingerprint density at radius 1 is 1.25 bits per heavy atom. The number of nitrogen functional groups attached to an aromatic ring is 1. The molecule has 1 aliphatic heterocycles. The molecule has 1 heterocycles. The highest BCUT2D eigenvalue weighted by atomic mass is 16.4. The van der Waals surface area contributed by atoms with E-state index in [1.807, 2.05) is 0 Å². The molecule has 3 N–H and O–H groups in total. The molecule has 0 unspecified atom stereocenters. The number of aromatic carboxylic acids is 1. The van der Waals surface area contributed by atoms with Crippen LogP contribution in [0, 0.1) is 0 Å². The second kappa shape index (κ2) is 5.81. The van der Waals surface area contributed by atoms with Crippen LogP contribution in [0.1, 0.15) is 29.6 Å². The van der Waals surface area contributed by atoms with Crippen LogP contribution >= 0.6 is 0 Å². The average Bonchev–Trinajstić information content (AvgIpc) is 2.46. The largest absolute Gasteiger partial charge is 0.478 e. The van der Waals surface area contributed by atoms with E-state index in [1.165, 1.54) is 17.0 Å². The number of rotatable bonds is 2. The van der Waals surface area contributed by atoms with Gasteiger partial charge in [-0.2, -0.15) is 0 Å². The summed E-state index contributed by atoms with van der Waals surface area (Å²) in [5.41, 5.74) is 6.79. The van der Waals surface area contributed by atoms with E-state index in [4.69, 9.17) is 10.8 Å². The summed E-state index contributed by atoms with van der Waals surface area (Å²) < 4.78 is 0. The number of hydrogen-bond acceptors (Lipinski definition) is 3. The first-order chi connectivity index (χ1) is 9.50. The minimum absolute atomic E-state index is 0.0977. The molecule has 0 radical (unpaired) electrons. The Labute approximate surface area is 117 Å². The number of urea groups is 1. The van der Waals surface area contributed by atoms with Crippen molar-refractivity contribution in [2.45, 2.75) is 19.3 Å². The number of carbonyl (C=O) groups is 2. The van der Waals surface area contributed by atoms with Crippen LogP contribution < -0.4 is 10.6 Å². The molecule has 0 spiro atoms. The van der Waals surface area contributed by atoms with Crippen molar-refractivity contribution in [3.05, 3.63) is 23.8 Å².